The topological polar surface area (TPSA) is 38.0 Å². The number of aromatic nitrogens is 2. The molecule has 0 saturated carbocycles. The maximum Gasteiger partial charge on any atom is 0.175 e. The Balaban J connectivity index is 2.52. The number of rotatable bonds is 1. The van der Waals surface area contributed by atoms with Crippen molar-refractivity contribution in [1.82, 2.24) is 9.78 Å². The second-order valence-electron chi connectivity index (χ2n) is 2.62. The van der Waals surface area contributed by atoms with Crippen molar-refractivity contribution < 1.29 is 5.11 Å². The number of aryl methyl sites for hydroxylation is 1. The molecule has 0 radical (unpaired) electrons. The summed E-state index contributed by atoms with van der Waals surface area (Å²) in [5.41, 5.74) is 0. The zero-order valence-electron chi connectivity index (χ0n) is 6.86. The van der Waals surface area contributed by atoms with Gasteiger partial charge in [0.2, 0.25) is 0 Å². The Morgan fingerprint density at radius 2 is 2.31 bits per heavy atom. The van der Waals surface area contributed by atoms with Crippen molar-refractivity contribution in [1.29, 1.82) is 0 Å². The maximum atomic E-state index is 9.20. The highest BCUT2D eigenvalue weighted by Gasteiger charge is 2.09. The summed E-state index contributed by atoms with van der Waals surface area (Å²) in [5.74, 6) is 0.00715. The van der Waals surface area contributed by atoms with Crippen LogP contribution in [0, 0.1) is 6.92 Å². The Morgan fingerprint density at radius 1 is 1.54 bits per heavy atom. The lowest BCUT2D eigenvalue weighted by atomic mass is 10.5. The van der Waals surface area contributed by atoms with Crippen LogP contribution in [-0.2, 0) is 0 Å². The van der Waals surface area contributed by atoms with Crippen LogP contribution in [0.4, 0.5) is 0 Å². The molecular weight excluding hydrogens is 208 g/mol. The van der Waals surface area contributed by atoms with E-state index >= 15 is 0 Å². The molecule has 2 heterocycles. The van der Waals surface area contributed by atoms with Gasteiger partial charge >= 0.3 is 0 Å². The van der Waals surface area contributed by atoms with E-state index in [-0.39, 0.29) is 10.9 Å². The highest BCUT2D eigenvalue weighted by atomic mass is 35.5. The minimum atomic E-state index is 0.00715. The first-order chi connectivity index (χ1) is 6.18. The average Bonchev–Trinajstić information content (AvgIpc) is 2.62. The van der Waals surface area contributed by atoms with Crippen LogP contribution in [0.3, 0.4) is 0 Å². The van der Waals surface area contributed by atoms with Crippen LogP contribution in [0.2, 0.25) is 5.15 Å². The fraction of sp³-hybridized carbons (Fsp3) is 0.125. The normalized spacial score (nSPS) is 10.6. The highest BCUT2D eigenvalue weighted by Crippen LogP contribution is 2.28. The second kappa shape index (κ2) is 3.05. The summed E-state index contributed by atoms with van der Waals surface area (Å²) in [7, 11) is 0. The van der Waals surface area contributed by atoms with E-state index in [2.05, 4.69) is 5.10 Å². The largest absolute Gasteiger partial charge is 0.504 e. The molecule has 0 spiro atoms. The average molecular weight is 215 g/mol. The Labute approximate surface area is 84.2 Å². The van der Waals surface area contributed by atoms with Crippen molar-refractivity contribution in [3.05, 3.63) is 28.4 Å². The van der Waals surface area contributed by atoms with Crippen LogP contribution in [0.1, 0.15) is 4.88 Å². The molecule has 0 aliphatic heterocycles. The maximum absolute atomic E-state index is 9.20. The molecule has 0 atom stereocenters. The highest BCUT2D eigenvalue weighted by molar-refractivity contribution is 7.14. The van der Waals surface area contributed by atoms with Crippen molar-refractivity contribution in [3.63, 3.8) is 0 Å². The zero-order valence-corrected chi connectivity index (χ0v) is 8.43. The first-order valence-electron chi connectivity index (χ1n) is 3.68. The summed E-state index contributed by atoms with van der Waals surface area (Å²) in [5, 5.41) is 14.3. The fourth-order valence-electron chi connectivity index (χ4n) is 1.01. The van der Waals surface area contributed by atoms with Gasteiger partial charge < -0.3 is 5.11 Å². The summed E-state index contributed by atoms with van der Waals surface area (Å²) in [4.78, 5) is 1.18. The monoisotopic (exact) mass is 214 g/mol. The predicted octanol–water partition coefficient (Wildman–Crippen LogP) is 2.60. The van der Waals surface area contributed by atoms with E-state index < -0.39 is 0 Å². The van der Waals surface area contributed by atoms with Crippen LogP contribution >= 0.6 is 22.9 Å². The van der Waals surface area contributed by atoms with E-state index in [0.29, 0.717) is 0 Å². The lowest BCUT2D eigenvalue weighted by Gasteiger charge is -1.96. The van der Waals surface area contributed by atoms with Gasteiger partial charge in [-0.1, -0.05) is 11.6 Å². The van der Waals surface area contributed by atoms with Gasteiger partial charge in [-0.05, 0) is 19.1 Å². The first-order valence-corrected chi connectivity index (χ1v) is 4.87. The molecule has 13 heavy (non-hydrogen) atoms. The van der Waals surface area contributed by atoms with Gasteiger partial charge in [-0.2, -0.15) is 5.10 Å². The lowest BCUT2D eigenvalue weighted by molar-refractivity contribution is 0.475. The molecule has 68 valence electrons. The number of aromatic hydroxyl groups is 1. The van der Waals surface area contributed by atoms with Crippen LogP contribution in [0.5, 0.6) is 5.75 Å². The molecule has 0 aromatic carbocycles. The molecule has 0 aliphatic carbocycles. The Kier molecular flexibility index (Phi) is 2.01. The predicted molar refractivity (Wildman–Crippen MR) is 52.9 cm³/mol. The van der Waals surface area contributed by atoms with Crippen LogP contribution in [-0.4, -0.2) is 14.9 Å². The zero-order chi connectivity index (χ0) is 9.42. The fourth-order valence-corrected chi connectivity index (χ4v) is 2.07. The van der Waals surface area contributed by atoms with Gasteiger partial charge in [-0.3, -0.25) is 0 Å². The molecule has 0 aliphatic rings. The van der Waals surface area contributed by atoms with Crippen LogP contribution in [0.15, 0.2) is 18.3 Å². The molecule has 0 saturated heterocycles. The number of hydrogen-bond donors (Lipinski definition) is 1. The van der Waals surface area contributed by atoms with Crippen molar-refractivity contribution >= 4 is 22.9 Å². The van der Waals surface area contributed by atoms with Crippen LogP contribution < -0.4 is 0 Å². The lowest BCUT2D eigenvalue weighted by Crippen LogP contribution is -1.91. The van der Waals surface area contributed by atoms with Crippen molar-refractivity contribution in [2.24, 2.45) is 0 Å². The van der Waals surface area contributed by atoms with E-state index in [9.17, 15) is 5.11 Å². The molecule has 2 aromatic rings. The van der Waals surface area contributed by atoms with Crippen LogP contribution in [0.25, 0.3) is 5.00 Å². The van der Waals surface area contributed by atoms with Gasteiger partial charge in [0, 0.05) is 4.88 Å². The summed E-state index contributed by atoms with van der Waals surface area (Å²) >= 11 is 7.38. The quantitative estimate of drug-likeness (QED) is 0.793. The third kappa shape index (κ3) is 1.43. The molecule has 0 fully saturated rings. The Hall–Kier alpha value is -1.000. The number of halogens is 1. The van der Waals surface area contributed by atoms with E-state index in [4.69, 9.17) is 11.6 Å². The van der Waals surface area contributed by atoms with E-state index in [1.54, 1.807) is 11.3 Å². The number of nitrogens with zero attached hydrogens (tertiary/aromatic N) is 2. The molecule has 2 rings (SSSR count). The van der Waals surface area contributed by atoms with E-state index in [1.807, 2.05) is 19.1 Å². The van der Waals surface area contributed by atoms with Crippen molar-refractivity contribution in [2.75, 3.05) is 0 Å². The number of thiophene rings is 1. The van der Waals surface area contributed by atoms with Crippen molar-refractivity contribution in [2.45, 2.75) is 6.92 Å². The van der Waals surface area contributed by atoms with Gasteiger partial charge in [-0.15, -0.1) is 11.3 Å². The SMILES string of the molecule is Cc1ccc(-n2ncc(O)c2Cl)s1. The molecule has 0 unspecified atom stereocenters. The molecular formula is C8H7ClN2OS. The molecule has 3 nitrogen and oxygen atoms in total. The molecule has 5 heteroatoms. The van der Waals surface area contributed by atoms with Gasteiger partial charge in [0.15, 0.2) is 10.9 Å². The molecule has 0 bridgehead atoms. The van der Waals surface area contributed by atoms with E-state index in [0.717, 1.165) is 5.00 Å². The minimum Gasteiger partial charge on any atom is -0.504 e. The standard InChI is InChI=1S/C8H7ClN2OS/c1-5-2-3-7(13-5)11-8(9)6(12)4-10-11/h2-4,12H,1H3. The summed E-state index contributed by atoms with van der Waals surface area (Å²) in [6.45, 7) is 2.01. The smallest absolute Gasteiger partial charge is 0.175 e. The molecule has 1 N–H and O–H groups in total. The van der Waals surface area contributed by atoms with Gasteiger partial charge in [-0.25, -0.2) is 4.68 Å². The van der Waals surface area contributed by atoms with E-state index in [1.165, 1.54) is 15.8 Å². The number of hydrogen-bond acceptors (Lipinski definition) is 3. The third-order valence-electron chi connectivity index (χ3n) is 1.63. The molecule has 2 aromatic heterocycles. The first kappa shape index (κ1) is 8.59. The minimum absolute atomic E-state index is 0.00715. The summed E-state index contributed by atoms with van der Waals surface area (Å²) in [6, 6.07) is 3.90. The second-order valence-corrected chi connectivity index (χ2v) is 4.24. The van der Waals surface area contributed by atoms with Gasteiger partial charge in [0.25, 0.3) is 0 Å². The van der Waals surface area contributed by atoms with Gasteiger partial charge in [0.05, 0.1) is 6.20 Å². The van der Waals surface area contributed by atoms with Gasteiger partial charge in [0.1, 0.15) is 5.00 Å². The Bertz CT molecular complexity index is 435. The Morgan fingerprint density at radius 3 is 2.77 bits per heavy atom. The summed E-state index contributed by atoms with van der Waals surface area (Å²) in [6.07, 6.45) is 1.33. The summed E-state index contributed by atoms with van der Waals surface area (Å²) < 4.78 is 1.51. The third-order valence-corrected chi connectivity index (χ3v) is 2.96. The molecule has 0 amide bonds. The van der Waals surface area contributed by atoms with Crippen molar-refractivity contribution in [3.8, 4) is 10.8 Å².